The third-order valence-corrected chi connectivity index (χ3v) is 3.90. The van der Waals surface area contributed by atoms with Gasteiger partial charge in [-0.15, -0.1) is 0 Å². The molecule has 3 aromatic rings. The first-order valence-corrected chi connectivity index (χ1v) is 8.03. The number of anilines is 2. The number of nitrogens with one attached hydrogen (secondary N) is 2. The molecule has 0 bridgehead atoms. The fourth-order valence-electron chi connectivity index (χ4n) is 2.68. The molecule has 0 saturated carbocycles. The predicted octanol–water partition coefficient (Wildman–Crippen LogP) is 1.73. The summed E-state index contributed by atoms with van der Waals surface area (Å²) in [5.41, 5.74) is 2.92. The zero-order chi connectivity index (χ0) is 17.6. The van der Waals surface area contributed by atoms with Gasteiger partial charge in [-0.1, -0.05) is 12.1 Å². The van der Waals surface area contributed by atoms with Crippen LogP contribution in [0, 0.1) is 0 Å². The molecule has 0 aliphatic carbocycles. The van der Waals surface area contributed by atoms with Gasteiger partial charge in [0, 0.05) is 24.2 Å². The van der Waals surface area contributed by atoms with Gasteiger partial charge in [-0.05, 0) is 30.3 Å². The Morgan fingerprint density at radius 3 is 2.64 bits per heavy atom. The number of aromatic amines is 1. The van der Waals surface area contributed by atoms with Crippen molar-refractivity contribution in [1.29, 1.82) is 0 Å². The van der Waals surface area contributed by atoms with Crippen molar-refractivity contribution in [2.45, 2.75) is 0 Å². The molecule has 0 aliphatic heterocycles. The molecular formula is C18H20N4O3. The molecular weight excluding hydrogens is 320 g/mol. The van der Waals surface area contributed by atoms with Crippen LogP contribution in [0.1, 0.15) is 10.4 Å². The van der Waals surface area contributed by atoms with E-state index in [1.54, 1.807) is 18.3 Å². The lowest BCUT2D eigenvalue weighted by molar-refractivity contribution is 0.0686. The molecule has 0 atom stereocenters. The van der Waals surface area contributed by atoms with Gasteiger partial charge in [-0.3, -0.25) is 9.89 Å². The van der Waals surface area contributed by atoms with E-state index in [-0.39, 0.29) is 32.2 Å². The Balaban J connectivity index is 1.88. The summed E-state index contributed by atoms with van der Waals surface area (Å²) in [6.45, 7) is 0.0421. The number of hydrogen-bond acceptors (Lipinski definition) is 5. The highest BCUT2D eigenvalue weighted by Crippen LogP contribution is 2.24. The summed E-state index contributed by atoms with van der Waals surface area (Å²) in [6.07, 6.45) is 1.74. The topological polar surface area (TPSA) is 101 Å². The Morgan fingerprint density at radius 2 is 1.88 bits per heavy atom. The molecule has 0 radical (unpaired) electrons. The van der Waals surface area contributed by atoms with E-state index in [2.05, 4.69) is 15.5 Å². The number of carbonyl (C=O) groups is 1. The molecule has 7 nitrogen and oxygen atoms in total. The summed E-state index contributed by atoms with van der Waals surface area (Å²) in [7, 11) is 0. The van der Waals surface area contributed by atoms with Crippen molar-refractivity contribution < 1.29 is 15.0 Å². The third-order valence-electron chi connectivity index (χ3n) is 3.90. The number of carbonyl (C=O) groups excluding carboxylic acids is 1. The number of aliphatic hydroxyl groups excluding tert-OH is 2. The van der Waals surface area contributed by atoms with Crippen LogP contribution in [0.4, 0.5) is 11.4 Å². The van der Waals surface area contributed by atoms with Crippen molar-refractivity contribution in [1.82, 2.24) is 15.1 Å². The molecule has 1 amide bonds. The summed E-state index contributed by atoms with van der Waals surface area (Å²) in [4.78, 5) is 14.2. The highest BCUT2D eigenvalue weighted by molar-refractivity contribution is 6.00. The number of rotatable bonds is 7. The summed E-state index contributed by atoms with van der Waals surface area (Å²) in [6, 6.07) is 12.9. The van der Waals surface area contributed by atoms with E-state index in [1.807, 2.05) is 30.3 Å². The largest absolute Gasteiger partial charge is 0.395 e. The summed E-state index contributed by atoms with van der Waals surface area (Å²) in [5, 5.41) is 29.4. The minimum Gasteiger partial charge on any atom is -0.395 e. The highest BCUT2D eigenvalue weighted by Gasteiger charge is 2.18. The maximum Gasteiger partial charge on any atom is 0.256 e. The van der Waals surface area contributed by atoms with Crippen molar-refractivity contribution in [3.8, 4) is 0 Å². The Labute approximate surface area is 144 Å². The maximum atomic E-state index is 12.8. The minimum atomic E-state index is -0.240. The lowest BCUT2D eigenvalue weighted by atomic mass is 10.1. The molecule has 7 heteroatoms. The van der Waals surface area contributed by atoms with E-state index < -0.39 is 0 Å². The maximum absolute atomic E-state index is 12.8. The quantitative estimate of drug-likeness (QED) is 0.525. The van der Waals surface area contributed by atoms with Crippen LogP contribution in [0.3, 0.4) is 0 Å². The zero-order valence-electron chi connectivity index (χ0n) is 13.6. The van der Waals surface area contributed by atoms with E-state index in [0.717, 1.165) is 16.6 Å². The van der Waals surface area contributed by atoms with Crippen LogP contribution in [-0.4, -0.2) is 57.5 Å². The highest BCUT2D eigenvalue weighted by atomic mass is 16.3. The molecule has 25 heavy (non-hydrogen) atoms. The van der Waals surface area contributed by atoms with Crippen LogP contribution >= 0.6 is 0 Å². The van der Waals surface area contributed by atoms with Crippen molar-refractivity contribution in [3.63, 3.8) is 0 Å². The number of benzene rings is 2. The van der Waals surface area contributed by atoms with E-state index in [0.29, 0.717) is 11.3 Å². The molecule has 1 aromatic heterocycles. The van der Waals surface area contributed by atoms with Crippen molar-refractivity contribution in [3.05, 3.63) is 54.2 Å². The zero-order valence-corrected chi connectivity index (χ0v) is 13.6. The second-order valence-corrected chi connectivity index (χ2v) is 5.58. The number of amides is 1. The summed E-state index contributed by atoms with van der Waals surface area (Å²) < 4.78 is 0. The van der Waals surface area contributed by atoms with Gasteiger partial charge in [-0.25, -0.2) is 0 Å². The van der Waals surface area contributed by atoms with Gasteiger partial charge in [0.25, 0.3) is 5.91 Å². The molecule has 0 aliphatic rings. The molecule has 130 valence electrons. The number of para-hydroxylation sites is 1. The van der Waals surface area contributed by atoms with Crippen LogP contribution in [0.25, 0.3) is 10.9 Å². The Hall–Kier alpha value is -2.90. The minimum absolute atomic E-state index is 0.154. The second-order valence-electron chi connectivity index (χ2n) is 5.58. The Kier molecular flexibility index (Phi) is 5.27. The second kappa shape index (κ2) is 7.78. The van der Waals surface area contributed by atoms with Gasteiger partial charge in [0.1, 0.15) is 0 Å². The van der Waals surface area contributed by atoms with Gasteiger partial charge in [-0.2, -0.15) is 5.10 Å². The lowest BCUT2D eigenvalue weighted by Gasteiger charge is -2.22. The molecule has 3 rings (SSSR count). The van der Waals surface area contributed by atoms with Gasteiger partial charge >= 0.3 is 0 Å². The number of H-pyrrole nitrogens is 1. The van der Waals surface area contributed by atoms with Gasteiger partial charge < -0.3 is 20.4 Å². The standard InChI is InChI=1S/C18H20N4O3/c23-9-7-22(8-10-24)18(25)15-3-1-2-4-17(15)20-14-5-6-16-13(11-14)12-19-21-16/h1-6,11-12,20,23-24H,7-10H2,(H,19,21). The molecule has 0 spiro atoms. The number of aliphatic hydroxyl groups is 2. The molecule has 2 aromatic carbocycles. The average Bonchev–Trinajstić information content (AvgIpc) is 3.09. The van der Waals surface area contributed by atoms with Crippen molar-refractivity contribution in [2.24, 2.45) is 0 Å². The fourth-order valence-corrected chi connectivity index (χ4v) is 2.68. The van der Waals surface area contributed by atoms with Crippen LogP contribution in [0.2, 0.25) is 0 Å². The van der Waals surface area contributed by atoms with Crippen molar-refractivity contribution in [2.75, 3.05) is 31.6 Å². The van der Waals surface area contributed by atoms with Crippen LogP contribution in [0.5, 0.6) is 0 Å². The predicted molar refractivity (Wildman–Crippen MR) is 95.9 cm³/mol. The fraction of sp³-hybridized carbons (Fsp3) is 0.222. The first kappa shape index (κ1) is 16.9. The molecule has 0 saturated heterocycles. The van der Waals surface area contributed by atoms with E-state index in [9.17, 15) is 4.79 Å². The average molecular weight is 340 g/mol. The number of nitrogens with zero attached hydrogens (tertiary/aromatic N) is 2. The smallest absolute Gasteiger partial charge is 0.256 e. The van der Waals surface area contributed by atoms with Crippen LogP contribution < -0.4 is 5.32 Å². The van der Waals surface area contributed by atoms with Gasteiger partial charge in [0.2, 0.25) is 0 Å². The van der Waals surface area contributed by atoms with Crippen LogP contribution in [-0.2, 0) is 0 Å². The van der Waals surface area contributed by atoms with Gasteiger partial charge in [0.05, 0.1) is 36.2 Å². The van der Waals surface area contributed by atoms with E-state index in [1.165, 1.54) is 4.90 Å². The third kappa shape index (κ3) is 3.78. The number of hydrogen-bond donors (Lipinski definition) is 4. The summed E-state index contributed by atoms with van der Waals surface area (Å²) in [5.74, 6) is -0.240. The number of aromatic nitrogens is 2. The normalized spacial score (nSPS) is 10.8. The SMILES string of the molecule is O=C(c1ccccc1Nc1ccc2[nH]ncc2c1)N(CCO)CCO. The van der Waals surface area contributed by atoms with Crippen molar-refractivity contribution >= 4 is 28.2 Å². The Bertz CT molecular complexity index is 856. The van der Waals surface area contributed by atoms with E-state index in [4.69, 9.17) is 10.2 Å². The van der Waals surface area contributed by atoms with Gasteiger partial charge in [0.15, 0.2) is 0 Å². The summed E-state index contributed by atoms with van der Waals surface area (Å²) >= 11 is 0. The first-order valence-electron chi connectivity index (χ1n) is 8.03. The molecule has 0 fully saturated rings. The molecule has 4 N–H and O–H groups in total. The monoisotopic (exact) mass is 340 g/mol. The van der Waals surface area contributed by atoms with Crippen LogP contribution in [0.15, 0.2) is 48.7 Å². The first-order chi connectivity index (χ1) is 12.2. The molecule has 1 heterocycles. The number of fused-ring (bicyclic) bond motifs is 1. The Morgan fingerprint density at radius 1 is 1.12 bits per heavy atom. The van der Waals surface area contributed by atoms with E-state index >= 15 is 0 Å². The lowest BCUT2D eigenvalue weighted by Crippen LogP contribution is -2.36. The molecule has 0 unspecified atom stereocenters.